The second-order valence-electron chi connectivity index (χ2n) is 7.12. The summed E-state index contributed by atoms with van der Waals surface area (Å²) in [5.41, 5.74) is 0.304. The molecule has 0 saturated carbocycles. The summed E-state index contributed by atoms with van der Waals surface area (Å²) in [6, 6.07) is 6.63. The Kier molecular flexibility index (Phi) is 7.03. The lowest BCUT2D eigenvalue weighted by molar-refractivity contribution is 0.0376. The summed E-state index contributed by atoms with van der Waals surface area (Å²) in [6.07, 6.45) is 0.670. The molecule has 10 heteroatoms. The molecule has 31 heavy (non-hydrogen) atoms. The van der Waals surface area contributed by atoms with Crippen molar-refractivity contribution in [3.63, 3.8) is 0 Å². The second kappa shape index (κ2) is 9.75. The highest BCUT2D eigenvalue weighted by molar-refractivity contribution is 7.22. The van der Waals surface area contributed by atoms with E-state index in [1.54, 1.807) is 12.1 Å². The van der Waals surface area contributed by atoms with Crippen molar-refractivity contribution in [1.82, 2.24) is 9.88 Å². The van der Waals surface area contributed by atoms with Gasteiger partial charge in [0.25, 0.3) is 5.91 Å². The highest BCUT2D eigenvalue weighted by Gasteiger charge is 2.24. The third-order valence-corrected chi connectivity index (χ3v) is 6.57. The fraction of sp³-hybridized carbons (Fsp3) is 0.333. The van der Waals surface area contributed by atoms with Gasteiger partial charge < -0.3 is 4.74 Å². The number of aromatic nitrogens is 1. The van der Waals surface area contributed by atoms with Crippen molar-refractivity contribution in [3.8, 4) is 0 Å². The number of morpholine rings is 1. The Labute approximate surface area is 192 Å². The number of halogens is 4. The standard InChI is InChI=1S/C21H19Cl2F2N3O2S/c22-13-2-3-15(16(23)10-13)20(29)28(5-1-4-27-6-8-30-9-7-27)21-26-19-17(25)11-14(24)12-18(19)31-21/h2-3,10-12H,1,4-9H2. The van der Waals surface area contributed by atoms with Crippen molar-refractivity contribution in [2.45, 2.75) is 6.42 Å². The molecular formula is C21H19Cl2F2N3O2S. The maximum atomic E-state index is 14.2. The van der Waals surface area contributed by atoms with Crippen LogP contribution in [0.1, 0.15) is 16.8 Å². The molecule has 5 nitrogen and oxygen atoms in total. The maximum Gasteiger partial charge on any atom is 0.261 e. The topological polar surface area (TPSA) is 45.7 Å². The van der Waals surface area contributed by atoms with E-state index in [0.29, 0.717) is 35.9 Å². The van der Waals surface area contributed by atoms with Crippen molar-refractivity contribution >= 4 is 55.8 Å². The van der Waals surface area contributed by atoms with Crippen LogP contribution < -0.4 is 4.90 Å². The number of benzene rings is 2. The van der Waals surface area contributed by atoms with Gasteiger partial charge in [-0.1, -0.05) is 34.5 Å². The fourth-order valence-corrected chi connectivity index (χ4v) is 4.95. The summed E-state index contributed by atoms with van der Waals surface area (Å²) in [7, 11) is 0. The molecule has 0 aliphatic carbocycles. The average Bonchev–Trinajstić information content (AvgIpc) is 3.15. The maximum absolute atomic E-state index is 14.2. The van der Waals surface area contributed by atoms with Gasteiger partial charge in [-0.15, -0.1) is 0 Å². The number of carbonyl (C=O) groups excluding carboxylic acids is 1. The van der Waals surface area contributed by atoms with Gasteiger partial charge >= 0.3 is 0 Å². The molecule has 1 aliphatic heterocycles. The summed E-state index contributed by atoms with van der Waals surface area (Å²) in [6.45, 7) is 4.16. The van der Waals surface area contributed by atoms with Crippen LogP contribution in [0.15, 0.2) is 30.3 Å². The molecule has 0 spiro atoms. The van der Waals surface area contributed by atoms with Crippen LogP contribution in [0.25, 0.3) is 10.2 Å². The lowest BCUT2D eigenvalue weighted by Crippen LogP contribution is -2.39. The number of rotatable bonds is 6. The molecule has 0 unspecified atom stereocenters. The van der Waals surface area contributed by atoms with Gasteiger partial charge in [-0.3, -0.25) is 14.6 Å². The average molecular weight is 486 g/mol. The van der Waals surface area contributed by atoms with Crippen LogP contribution in [0.4, 0.5) is 13.9 Å². The van der Waals surface area contributed by atoms with Crippen molar-refractivity contribution in [2.75, 3.05) is 44.3 Å². The Morgan fingerprint density at radius 2 is 1.97 bits per heavy atom. The van der Waals surface area contributed by atoms with Gasteiger partial charge in [-0.05, 0) is 30.7 Å². The molecule has 0 N–H and O–H groups in total. The molecule has 1 amide bonds. The number of nitrogens with zero attached hydrogens (tertiary/aromatic N) is 3. The summed E-state index contributed by atoms with van der Waals surface area (Å²) in [4.78, 5) is 21.4. The van der Waals surface area contributed by atoms with Crippen molar-refractivity contribution < 1.29 is 18.3 Å². The van der Waals surface area contributed by atoms with E-state index >= 15 is 0 Å². The molecule has 2 aromatic carbocycles. The van der Waals surface area contributed by atoms with Gasteiger partial charge in [0.1, 0.15) is 11.3 Å². The van der Waals surface area contributed by atoms with E-state index < -0.39 is 11.6 Å². The first-order valence-electron chi connectivity index (χ1n) is 9.75. The first kappa shape index (κ1) is 22.4. The number of anilines is 1. The van der Waals surface area contributed by atoms with E-state index in [9.17, 15) is 13.6 Å². The molecule has 1 aliphatic rings. The van der Waals surface area contributed by atoms with E-state index in [4.69, 9.17) is 27.9 Å². The SMILES string of the molecule is O=C(c1ccc(Cl)cc1Cl)N(CCCN1CCOCC1)c1nc2c(F)cc(F)cc2s1. The molecule has 0 atom stereocenters. The summed E-state index contributed by atoms with van der Waals surface area (Å²) in [5.74, 6) is -1.82. The third kappa shape index (κ3) is 5.15. The molecule has 1 aromatic heterocycles. The molecule has 2 heterocycles. The number of carbonyl (C=O) groups is 1. The fourth-order valence-electron chi connectivity index (χ4n) is 3.43. The van der Waals surface area contributed by atoms with Gasteiger partial charge in [0.2, 0.25) is 0 Å². The molecule has 3 aromatic rings. The van der Waals surface area contributed by atoms with Crippen molar-refractivity contribution in [1.29, 1.82) is 0 Å². The van der Waals surface area contributed by atoms with E-state index in [0.717, 1.165) is 37.0 Å². The first-order valence-corrected chi connectivity index (χ1v) is 11.3. The van der Waals surface area contributed by atoms with E-state index in [2.05, 4.69) is 9.88 Å². The Hall–Kier alpha value is -1.84. The summed E-state index contributed by atoms with van der Waals surface area (Å²) >= 11 is 13.3. The molecule has 1 saturated heterocycles. The molecule has 4 rings (SSSR count). The quantitative estimate of drug-likeness (QED) is 0.478. The minimum atomic E-state index is -0.761. The normalized spacial score (nSPS) is 14.8. The van der Waals surface area contributed by atoms with Crippen LogP contribution >= 0.6 is 34.5 Å². The zero-order valence-electron chi connectivity index (χ0n) is 16.4. The lowest BCUT2D eigenvalue weighted by atomic mass is 10.2. The zero-order chi connectivity index (χ0) is 22.0. The van der Waals surface area contributed by atoms with E-state index in [1.165, 1.54) is 17.0 Å². The summed E-state index contributed by atoms with van der Waals surface area (Å²) < 4.78 is 33.5. The minimum Gasteiger partial charge on any atom is -0.379 e. The number of hydrogen-bond donors (Lipinski definition) is 0. The predicted molar refractivity (Wildman–Crippen MR) is 120 cm³/mol. The van der Waals surface area contributed by atoms with E-state index in [1.807, 2.05) is 0 Å². The lowest BCUT2D eigenvalue weighted by Gasteiger charge is -2.27. The number of thiazole rings is 1. The molecular weight excluding hydrogens is 467 g/mol. The number of ether oxygens (including phenoxy) is 1. The van der Waals surface area contributed by atoms with Gasteiger partial charge in [0.05, 0.1) is 28.5 Å². The van der Waals surface area contributed by atoms with Crippen LogP contribution in [0.3, 0.4) is 0 Å². The molecule has 164 valence electrons. The highest BCUT2D eigenvalue weighted by Crippen LogP contribution is 2.33. The van der Waals surface area contributed by atoms with Gasteiger partial charge in [0, 0.05) is 37.3 Å². The first-order chi connectivity index (χ1) is 14.9. The molecule has 0 bridgehead atoms. The van der Waals surface area contributed by atoms with Gasteiger partial charge in [-0.25, -0.2) is 13.8 Å². The largest absolute Gasteiger partial charge is 0.379 e. The van der Waals surface area contributed by atoms with Crippen LogP contribution in [-0.2, 0) is 4.74 Å². The number of amides is 1. The summed E-state index contributed by atoms with van der Waals surface area (Å²) in [5, 5.41) is 0.921. The van der Waals surface area contributed by atoms with Crippen LogP contribution in [0.5, 0.6) is 0 Å². The molecule has 0 radical (unpaired) electrons. The monoisotopic (exact) mass is 485 g/mol. The highest BCUT2D eigenvalue weighted by atomic mass is 35.5. The van der Waals surface area contributed by atoms with Gasteiger partial charge in [0.15, 0.2) is 10.9 Å². The predicted octanol–water partition coefficient (Wildman–Crippen LogP) is 5.25. The zero-order valence-corrected chi connectivity index (χ0v) is 18.7. The third-order valence-electron chi connectivity index (χ3n) is 5.00. The Morgan fingerprint density at radius 3 is 2.71 bits per heavy atom. The van der Waals surface area contributed by atoms with Crippen molar-refractivity contribution in [2.24, 2.45) is 0 Å². The Bertz CT molecular complexity index is 1110. The smallest absolute Gasteiger partial charge is 0.261 e. The number of fused-ring (bicyclic) bond motifs is 1. The Balaban J connectivity index is 1.63. The van der Waals surface area contributed by atoms with Crippen LogP contribution in [0, 0.1) is 11.6 Å². The second-order valence-corrected chi connectivity index (χ2v) is 8.97. The molecule has 1 fully saturated rings. The van der Waals surface area contributed by atoms with Crippen LogP contribution in [-0.4, -0.2) is 55.2 Å². The van der Waals surface area contributed by atoms with Crippen LogP contribution in [0.2, 0.25) is 10.0 Å². The van der Waals surface area contributed by atoms with E-state index in [-0.39, 0.29) is 27.1 Å². The van der Waals surface area contributed by atoms with Gasteiger partial charge in [-0.2, -0.15) is 0 Å². The minimum absolute atomic E-state index is 0.0367. The number of hydrogen-bond acceptors (Lipinski definition) is 5. The Morgan fingerprint density at radius 1 is 1.19 bits per heavy atom. The van der Waals surface area contributed by atoms with Crippen molar-refractivity contribution in [3.05, 3.63) is 57.6 Å².